The molecule has 1 aromatic heterocycles. The third-order valence-electron chi connectivity index (χ3n) is 0.992. The van der Waals surface area contributed by atoms with Gasteiger partial charge in [0.25, 0.3) is 0 Å². The Labute approximate surface area is 64.5 Å². The van der Waals surface area contributed by atoms with Gasteiger partial charge in [-0.1, -0.05) is 30.3 Å². The normalized spacial score (nSPS) is 9.56. The summed E-state index contributed by atoms with van der Waals surface area (Å²) in [5.41, 5.74) is 0.925. The Kier molecular flexibility index (Phi) is 2.37. The molecule has 0 aliphatic carbocycles. The minimum absolute atomic E-state index is 0.521. The molecule has 0 aromatic carbocycles. The molecule has 0 aliphatic rings. The van der Waals surface area contributed by atoms with Crippen molar-refractivity contribution >= 4 is 24.2 Å². The number of hydrogen-bond acceptors (Lipinski definition) is 1. The maximum Gasteiger partial charge on any atom is 0.133 e. The molecule has 0 unspecified atom stereocenters. The quantitative estimate of drug-likeness (QED) is 0.573. The van der Waals surface area contributed by atoms with Crippen molar-refractivity contribution < 1.29 is 0 Å². The lowest BCUT2D eigenvalue weighted by atomic mass is 10.3. The number of aromatic nitrogens is 1. The van der Waals surface area contributed by atoms with Crippen molar-refractivity contribution in [2.45, 2.75) is 5.75 Å². The largest absolute Gasteiger partial charge is 0.244 e. The van der Waals surface area contributed by atoms with E-state index in [9.17, 15) is 0 Å². The van der Waals surface area contributed by atoms with Crippen LogP contribution in [0.5, 0.6) is 0 Å². The highest BCUT2D eigenvalue weighted by Crippen LogP contribution is 2.12. The Bertz CT molecular complexity index is 202. The van der Waals surface area contributed by atoms with E-state index < -0.39 is 0 Å². The topological polar surface area (TPSA) is 12.9 Å². The van der Waals surface area contributed by atoms with Gasteiger partial charge in [0.15, 0.2) is 0 Å². The van der Waals surface area contributed by atoms with Gasteiger partial charge in [-0.05, 0) is 6.07 Å². The average molecular weight is 159 g/mol. The van der Waals surface area contributed by atoms with E-state index in [0.29, 0.717) is 10.9 Å². The molecule has 0 aliphatic heterocycles. The SMILES string of the molecule is [S]Cc1cccnc1Cl. The highest BCUT2D eigenvalue weighted by atomic mass is 35.5. The van der Waals surface area contributed by atoms with E-state index >= 15 is 0 Å². The molecule has 0 fully saturated rings. The lowest BCUT2D eigenvalue weighted by Crippen LogP contribution is -1.81. The number of nitrogens with zero attached hydrogens (tertiary/aromatic N) is 1. The molecule has 0 saturated heterocycles. The van der Waals surface area contributed by atoms with E-state index in [1.165, 1.54) is 0 Å². The van der Waals surface area contributed by atoms with Gasteiger partial charge in [0.1, 0.15) is 5.15 Å². The van der Waals surface area contributed by atoms with Crippen LogP contribution >= 0.6 is 24.2 Å². The summed E-state index contributed by atoms with van der Waals surface area (Å²) in [4.78, 5) is 3.85. The third-order valence-corrected chi connectivity index (χ3v) is 1.64. The molecule has 1 aromatic rings. The summed E-state index contributed by atoms with van der Waals surface area (Å²) in [6, 6.07) is 3.70. The Hall–Kier alpha value is -0.210. The van der Waals surface area contributed by atoms with Gasteiger partial charge in [-0.3, -0.25) is 0 Å². The predicted octanol–water partition coefficient (Wildman–Crippen LogP) is 2.43. The van der Waals surface area contributed by atoms with E-state index in [0.717, 1.165) is 5.56 Å². The van der Waals surface area contributed by atoms with Crippen molar-refractivity contribution in [1.29, 1.82) is 0 Å². The van der Waals surface area contributed by atoms with Crippen molar-refractivity contribution in [2.24, 2.45) is 0 Å². The first-order chi connectivity index (χ1) is 4.34. The lowest BCUT2D eigenvalue weighted by Gasteiger charge is -1.94. The standard InChI is InChI=1S/C6H5ClNS/c7-6-5(4-9)2-1-3-8-6/h1-3H,4H2. The molecule has 1 radical (unpaired) electrons. The smallest absolute Gasteiger partial charge is 0.133 e. The second-order valence-corrected chi connectivity index (χ2v) is 2.24. The van der Waals surface area contributed by atoms with Gasteiger partial charge in [-0.2, -0.15) is 0 Å². The van der Waals surface area contributed by atoms with Crippen LogP contribution in [0.4, 0.5) is 0 Å². The highest BCUT2D eigenvalue weighted by molar-refractivity contribution is 7.79. The van der Waals surface area contributed by atoms with Gasteiger partial charge in [0.05, 0.1) is 0 Å². The van der Waals surface area contributed by atoms with Crippen LogP contribution in [0, 0.1) is 0 Å². The van der Waals surface area contributed by atoms with Crippen LogP contribution in [0.25, 0.3) is 0 Å². The second kappa shape index (κ2) is 3.08. The first-order valence-electron chi connectivity index (χ1n) is 2.52. The predicted molar refractivity (Wildman–Crippen MR) is 40.5 cm³/mol. The van der Waals surface area contributed by atoms with E-state index in [-0.39, 0.29) is 0 Å². The van der Waals surface area contributed by atoms with Gasteiger partial charge in [-0.15, -0.1) is 0 Å². The number of halogens is 1. The molecule has 0 bridgehead atoms. The fourth-order valence-corrected chi connectivity index (χ4v) is 1.03. The molecule has 47 valence electrons. The molecular weight excluding hydrogens is 154 g/mol. The van der Waals surface area contributed by atoms with Crippen LogP contribution in [0.3, 0.4) is 0 Å². The Morgan fingerprint density at radius 2 is 2.44 bits per heavy atom. The third kappa shape index (κ3) is 1.60. The fourth-order valence-electron chi connectivity index (χ4n) is 0.527. The van der Waals surface area contributed by atoms with Crippen molar-refractivity contribution in [1.82, 2.24) is 4.98 Å². The van der Waals surface area contributed by atoms with Crippen LogP contribution in [0.15, 0.2) is 18.3 Å². The Morgan fingerprint density at radius 3 is 2.89 bits per heavy atom. The molecular formula is C6H5ClNS. The average Bonchev–Trinajstić information content (AvgIpc) is 1.89. The summed E-state index contributed by atoms with van der Waals surface area (Å²) in [6.07, 6.45) is 1.65. The van der Waals surface area contributed by atoms with E-state index in [1.807, 2.05) is 12.1 Å². The first kappa shape index (κ1) is 6.90. The summed E-state index contributed by atoms with van der Waals surface area (Å²) in [7, 11) is 0. The molecule has 1 rings (SSSR count). The molecule has 0 amide bonds. The zero-order chi connectivity index (χ0) is 6.69. The summed E-state index contributed by atoms with van der Waals surface area (Å²) >= 11 is 10.4. The summed E-state index contributed by atoms with van der Waals surface area (Å²) < 4.78 is 0. The van der Waals surface area contributed by atoms with Gasteiger partial charge in [-0.25, -0.2) is 4.98 Å². The molecule has 3 heteroatoms. The lowest BCUT2D eigenvalue weighted by molar-refractivity contribution is 1.25. The van der Waals surface area contributed by atoms with E-state index in [2.05, 4.69) is 4.98 Å². The molecule has 9 heavy (non-hydrogen) atoms. The summed E-state index contributed by atoms with van der Waals surface area (Å²) in [6.45, 7) is 0. The van der Waals surface area contributed by atoms with Crippen LogP contribution in [0.1, 0.15) is 5.56 Å². The zero-order valence-corrected chi connectivity index (χ0v) is 6.25. The van der Waals surface area contributed by atoms with Crippen molar-refractivity contribution in [2.75, 3.05) is 0 Å². The maximum absolute atomic E-state index is 5.65. The second-order valence-electron chi connectivity index (χ2n) is 1.60. The zero-order valence-electron chi connectivity index (χ0n) is 4.67. The highest BCUT2D eigenvalue weighted by Gasteiger charge is 1.94. The maximum atomic E-state index is 5.65. The number of pyridine rings is 1. The molecule has 0 atom stereocenters. The van der Waals surface area contributed by atoms with Crippen LogP contribution in [0.2, 0.25) is 5.15 Å². The molecule has 1 heterocycles. The van der Waals surface area contributed by atoms with Crippen LogP contribution in [-0.2, 0) is 5.75 Å². The number of rotatable bonds is 1. The minimum Gasteiger partial charge on any atom is -0.244 e. The molecule has 0 N–H and O–H groups in total. The van der Waals surface area contributed by atoms with Gasteiger partial charge >= 0.3 is 0 Å². The van der Waals surface area contributed by atoms with E-state index in [4.69, 9.17) is 24.2 Å². The van der Waals surface area contributed by atoms with Crippen LogP contribution in [-0.4, -0.2) is 4.98 Å². The van der Waals surface area contributed by atoms with Gasteiger partial charge in [0.2, 0.25) is 0 Å². The van der Waals surface area contributed by atoms with Crippen LogP contribution < -0.4 is 0 Å². The first-order valence-corrected chi connectivity index (χ1v) is 3.47. The summed E-state index contributed by atoms with van der Waals surface area (Å²) in [5, 5.41) is 0.521. The van der Waals surface area contributed by atoms with E-state index in [1.54, 1.807) is 6.20 Å². The summed E-state index contributed by atoms with van der Waals surface area (Å²) in [5.74, 6) is 0.534. The van der Waals surface area contributed by atoms with Crippen molar-refractivity contribution in [3.63, 3.8) is 0 Å². The molecule has 0 saturated carbocycles. The molecule has 0 spiro atoms. The monoisotopic (exact) mass is 158 g/mol. The number of hydrogen-bond donors (Lipinski definition) is 0. The van der Waals surface area contributed by atoms with Gasteiger partial charge in [0, 0.05) is 17.5 Å². The van der Waals surface area contributed by atoms with Gasteiger partial charge < -0.3 is 0 Å². The fraction of sp³-hybridized carbons (Fsp3) is 0.167. The van der Waals surface area contributed by atoms with Crippen molar-refractivity contribution in [3.8, 4) is 0 Å². The Balaban J connectivity index is 3.01. The Morgan fingerprint density at radius 1 is 1.67 bits per heavy atom. The minimum atomic E-state index is 0.521. The van der Waals surface area contributed by atoms with Crippen molar-refractivity contribution in [3.05, 3.63) is 29.0 Å². The molecule has 1 nitrogen and oxygen atoms in total.